The van der Waals surface area contributed by atoms with Gasteiger partial charge in [-0.3, -0.25) is 4.90 Å². The number of furan rings is 1. The molecule has 5 N–H and O–H groups in total. The number of fused-ring (bicyclic) bond motifs is 1. The van der Waals surface area contributed by atoms with E-state index >= 15 is 0 Å². The van der Waals surface area contributed by atoms with Gasteiger partial charge in [0.2, 0.25) is 5.95 Å². The number of rotatable bonds is 10. The predicted molar refractivity (Wildman–Crippen MR) is 185 cm³/mol. The molecule has 0 unspecified atom stereocenters. The zero-order valence-electron chi connectivity index (χ0n) is 27.1. The lowest BCUT2D eigenvalue weighted by atomic mass is 10.0. The smallest absolute Gasteiger partial charge is 0.227 e. The third-order valence-electron chi connectivity index (χ3n) is 9.42. The highest BCUT2D eigenvalue weighted by atomic mass is 16.5. The first kappa shape index (κ1) is 31.0. The van der Waals surface area contributed by atoms with Crippen molar-refractivity contribution in [2.75, 3.05) is 76.0 Å². The standard InChI is InChI=1S/C35H43N9O3/c1-42-14-16-43(17-15-42)25-8-12-44(13-9-25)29-22-31(46-2)28(21-26(29)36)39-35-37-11-7-27(38-35)34-33(40-32(41-34)4-3-18-45)24-6-5-23-10-19-47-30(23)20-24/h5-7,10-11,19-22,25,45H,3-4,8-9,12-18,36H2,1-2H3,(H,40,41)(H,37,38,39). The number of nitrogens with zero attached hydrogens (tertiary/aromatic N) is 6. The largest absolute Gasteiger partial charge is 0.494 e. The first-order valence-corrected chi connectivity index (χ1v) is 16.4. The molecule has 0 amide bonds. The number of ether oxygens (including phenoxy) is 1. The molecule has 5 heterocycles. The fraction of sp³-hybridized carbons (Fsp3) is 0.400. The second kappa shape index (κ2) is 13.6. The fourth-order valence-electron chi connectivity index (χ4n) is 6.75. The molecular weight excluding hydrogens is 594 g/mol. The number of nitrogens with one attached hydrogen (secondary N) is 2. The average Bonchev–Trinajstić information content (AvgIpc) is 3.75. The van der Waals surface area contributed by atoms with E-state index in [1.54, 1.807) is 19.6 Å². The normalized spacial score (nSPS) is 16.6. The van der Waals surface area contributed by atoms with E-state index in [2.05, 4.69) is 37.0 Å². The molecule has 0 bridgehead atoms. The van der Waals surface area contributed by atoms with Crippen molar-refractivity contribution in [1.29, 1.82) is 0 Å². The van der Waals surface area contributed by atoms with E-state index in [4.69, 9.17) is 24.9 Å². The van der Waals surface area contributed by atoms with Crippen LogP contribution in [0, 0.1) is 0 Å². The van der Waals surface area contributed by atoms with Gasteiger partial charge in [0.15, 0.2) is 0 Å². The molecular formula is C35H43N9O3. The maximum atomic E-state index is 9.42. The molecule has 246 valence electrons. The molecule has 2 aliphatic heterocycles. The number of aliphatic hydroxyl groups excluding tert-OH is 1. The molecule has 0 aliphatic carbocycles. The number of methoxy groups -OCH3 is 1. The molecule has 2 aromatic carbocycles. The van der Waals surface area contributed by atoms with Crippen LogP contribution in [0.2, 0.25) is 0 Å². The summed E-state index contributed by atoms with van der Waals surface area (Å²) in [6.45, 7) is 6.58. The molecule has 0 spiro atoms. The molecule has 12 nitrogen and oxygen atoms in total. The molecule has 3 aromatic heterocycles. The van der Waals surface area contributed by atoms with Crippen molar-refractivity contribution in [3.8, 4) is 28.4 Å². The van der Waals surface area contributed by atoms with Gasteiger partial charge in [0.25, 0.3) is 0 Å². The van der Waals surface area contributed by atoms with Crippen LogP contribution >= 0.6 is 0 Å². The summed E-state index contributed by atoms with van der Waals surface area (Å²) in [6.07, 6.45) is 6.86. The minimum absolute atomic E-state index is 0.0872. The third kappa shape index (κ3) is 6.62. The lowest BCUT2D eigenvalue weighted by Crippen LogP contribution is -2.52. The molecule has 12 heteroatoms. The van der Waals surface area contributed by atoms with Gasteiger partial charge >= 0.3 is 0 Å². The van der Waals surface area contributed by atoms with E-state index < -0.39 is 0 Å². The van der Waals surface area contributed by atoms with Crippen LogP contribution in [0.15, 0.2) is 59.3 Å². The monoisotopic (exact) mass is 637 g/mol. The quantitative estimate of drug-likeness (QED) is 0.157. The molecule has 2 fully saturated rings. The van der Waals surface area contributed by atoms with Gasteiger partial charge in [0.05, 0.1) is 47.5 Å². The number of likely N-dealkylation sites (N-methyl/N-ethyl adjacent to an activating group) is 1. The van der Waals surface area contributed by atoms with E-state index in [9.17, 15) is 5.11 Å². The van der Waals surface area contributed by atoms with Crippen molar-refractivity contribution < 1.29 is 14.3 Å². The Morgan fingerprint density at radius 2 is 1.87 bits per heavy atom. The van der Waals surface area contributed by atoms with Gasteiger partial charge in [-0.1, -0.05) is 12.1 Å². The Morgan fingerprint density at radius 1 is 1.04 bits per heavy atom. The summed E-state index contributed by atoms with van der Waals surface area (Å²) in [4.78, 5) is 25.1. The van der Waals surface area contributed by atoms with Crippen LogP contribution < -0.4 is 20.7 Å². The van der Waals surface area contributed by atoms with E-state index in [-0.39, 0.29) is 6.61 Å². The van der Waals surface area contributed by atoms with Crippen LogP contribution in [-0.2, 0) is 6.42 Å². The third-order valence-corrected chi connectivity index (χ3v) is 9.42. The molecule has 0 saturated carbocycles. The maximum absolute atomic E-state index is 9.42. The molecule has 47 heavy (non-hydrogen) atoms. The minimum Gasteiger partial charge on any atom is -0.494 e. The molecule has 5 aromatic rings. The van der Waals surface area contributed by atoms with Gasteiger partial charge in [-0.2, -0.15) is 0 Å². The summed E-state index contributed by atoms with van der Waals surface area (Å²) in [5.41, 5.74) is 12.9. The number of piperazine rings is 1. The van der Waals surface area contributed by atoms with Crippen LogP contribution in [-0.4, -0.2) is 101 Å². The molecule has 7 rings (SSSR count). The second-order valence-corrected chi connectivity index (χ2v) is 12.5. The van der Waals surface area contributed by atoms with Crippen molar-refractivity contribution in [1.82, 2.24) is 29.7 Å². The van der Waals surface area contributed by atoms with Gasteiger partial charge < -0.3 is 40.1 Å². The zero-order chi connectivity index (χ0) is 32.3. The van der Waals surface area contributed by atoms with Crippen LogP contribution in [0.5, 0.6) is 5.75 Å². The summed E-state index contributed by atoms with van der Waals surface area (Å²) in [6, 6.07) is 14.4. The van der Waals surface area contributed by atoms with E-state index in [1.165, 1.54) is 0 Å². The maximum Gasteiger partial charge on any atom is 0.227 e. The number of hydrogen-bond acceptors (Lipinski definition) is 11. The number of anilines is 4. The molecule has 2 aliphatic rings. The Bertz CT molecular complexity index is 1820. The Morgan fingerprint density at radius 3 is 2.66 bits per heavy atom. The Labute approximate surface area is 274 Å². The van der Waals surface area contributed by atoms with Crippen molar-refractivity contribution in [3.05, 3.63) is 60.7 Å². The van der Waals surface area contributed by atoms with Gasteiger partial charge in [-0.15, -0.1) is 0 Å². The molecule has 0 atom stereocenters. The average molecular weight is 638 g/mol. The Kier molecular flexibility index (Phi) is 8.96. The second-order valence-electron chi connectivity index (χ2n) is 12.5. The van der Waals surface area contributed by atoms with Gasteiger partial charge in [0, 0.05) is 81.6 Å². The number of benzene rings is 2. The van der Waals surface area contributed by atoms with E-state index in [0.29, 0.717) is 47.7 Å². The van der Waals surface area contributed by atoms with Gasteiger partial charge in [0.1, 0.15) is 17.2 Å². The number of hydrogen-bond donors (Lipinski definition) is 4. The van der Waals surface area contributed by atoms with Crippen molar-refractivity contribution in [3.63, 3.8) is 0 Å². The number of piperidine rings is 1. The highest BCUT2D eigenvalue weighted by molar-refractivity contribution is 5.86. The summed E-state index contributed by atoms with van der Waals surface area (Å²) in [5, 5.41) is 13.8. The van der Waals surface area contributed by atoms with E-state index in [1.807, 2.05) is 42.5 Å². The number of nitrogens with two attached hydrogens (primary N) is 1. The summed E-state index contributed by atoms with van der Waals surface area (Å²) >= 11 is 0. The van der Waals surface area contributed by atoms with Gasteiger partial charge in [-0.05, 0) is 50.6 Å². The van der Waals surface area contributed by atoms with Crippen LogP contribution in [0.25, 0.3) is 33.6 Å². The van der Waals surface area contributed by atoms with Crippen molar-refractivity contribution in [2.45, 2.75) is 31.7 Å². The van der Waals surface area contributed by atoms with Crippen LogP contribution in [0.3, 0.4) is 0 Å². The predicted octanol–water partition coefficient (Wildman–Crippen LogP) is 4.76. The first-order valence-electron chi connectivity index (χ1n) is 16.4. The number of aromatic amines is 1. The van der Waals surface area contributed by atoms with Crippen molar-refractivity contribution in [2.24, 2.45) is 0 Å². The van der Waals surface area contributed by atoms with Crippen LogP contribution in [0.4, 0.5) is 23.0 Å². The summed E-state index contributed by atoms with van der Waals surface area (Å²) in [7, 11) is 3.87. The topological polar surface area (TPSA) is 145 Å². The van der Waals surface area contributed by atoms with E-state index in [0.717, 1.165) is 91.5 Å². The zero-order valence-corrected chi connectivity index (χ0v) is 27.1. The lowest BCUT2D eigenvalue weighted by Gasteiger charge is -2.42. The number of imidazole rings is 1. The van der Waals surface area contributed by atoms with Gasteiger partial charge in [-0.25, -0.2) is 15.0 Å². The highest BCUT2D eigenvalue weighted by Crippen LogP contribution is 2.38. The molecule has 2 saturated heterocycles. The number of H-pyrrole nitrogens is 1. The number of aryl methyl sites for hydroxylation is 1. The minimum atomic E-state index is 0.0872. The lowest BCUT2D eigenvalue weighted by molar-refractivity contribution is 0.0982. The van der Waals surface area contributed by atoms with Crippen LogP contribution in [0.1, 0.15) is 25.1 Å². The number of aromatic nitrogens is 4. The SMILES string of the molecule is COc1cc(N2CCC(N3CCN(C)CC3)CC2)c(N)cc1Nc1nccc(-c2[nH]c(CCCO)nc2-c2ccc3ccoc3c2)n1. The fourth-order valence-corrected chi connectivity index (χ4v) is 6.75. The Balaban J connectivity index is 1.11. The Hall–Kier alpha value is -4.65. The highest BCUT2D eigenvalue weighted by Gasteiger charge is 2.28. The number of aliphatic hydroxyl groups is 1. The van der Waals surface area contributed by atoms with Crippen molar-refractivity contribution >= 4 is 34.0 Å². The first-order chi connectivity index (χ1) is 23.0. The number of nitrogen functional groups attached to an aromatic ring is 1. The summed E-state index contributed by atoms with van der Waals surface area (Å²) in [5.74, 6) is 1.85. The molecule has 0 radical (unpaired) electrons. The summed E-state index contributed by atoms with van der Waals surface area (Å²) < 4.78 is 11.5.